The van der Waals surface area contributed by atoms with Gasteiger partial charge in [-0.3, -0.25) is 0 Å². The van der Waals surface area contributed by atoms with E-state index in [9.17, 15) is 0 Å². The highest BCUT2D eigenvalue weighted by Gasteiger charge is 2.58. The van der Waals surface area contributed by atoms with Crippen LogP contribution < -0.4 is 18.1 Å². The molecule has 2 unspecified atom stereocenters. The summed E-state index contributed by atoms with van der Waals surface area (Å²) in [6.07, 6.45) is 8.27. The number of nitrogens with two attached hydrogens (primary N) is 1. The molecule has 4 aliphatic rings. The second kappa shape index (κ2) is 2.68. The Kier molecular flexibility index (Phi) is 2.06. The van der Waals surface area contributed by atoms with Crippen LogP contribution in [0.1, 0.15) is 52.4 Å². The van der Waals surface area contributed by atoms with Crippen molar-refractivity contribution in [3.63, 3.8) is 0 Å². The van der Waals surface area contributed by atoms with Crippen molar-refractivity contribution in [2.75, 3.05) is 0 Å². The van der Waals surface area contributed by atoms with Gasteiger partial charge in [0.25, 0.3) is 0 Å². The monoisotopic (exact) mass is 214 g/mol. The third-order valence-electron chi connectivity index (χ3n) is 4.67. The summed E-state index contributed by atoms with van der Waals surface area (Å²) in [5, 5.41) is 0. The van der Waals surface area contributed by atoms with Crippen molar-refractivity contribution in [1.82, 2.24) is 0 Å². The lowest BCUT2D eigenvalue weighted by molar-refractivity contribution is -0.104. The summed E-state index contributed by atoms with van der Waals surface area (Å²) in [5.41, 5.74) is 7.92. The summed E-state index contributed by atoms with van der Waals surface area (Å²) in [6.45, 7) is 4.94. The van der Waals surface area contributed by atoms with Gasteiger partial charge in [-0.05, 0) is 55.3 Å². The van der Waals surface area contributed by atoms with E-state index in [0.717, 1.165) is 5.92 Å². The van der Waals surface area contributed by atoms with Gasteiger partial charge in [-0.1, -0.05) is 13.8 Å². The van der Waals surface area contributed by atoms with Crippen molar-refractivity contribution in [1.29, 1.82) is 0 Å². The van der Waals surface area contributed by atoms with Crippen LogP contribution in [0.25, 0.3) is 0 Å². The van der Waals surface area contributed by atoms with E-state index in [1.54, 1.807) is 0 Å². The number of hydrogen-bond donors (Lipinski definition) is 1. The molecular weight excluding hydrogens is 194 g/mol. The molecule has 82 valence electrons. The standard InChI is InChI=1S/C12H21N.ClH/c1-10-3-9-4-11(2,6-10)8-12(13,5-9)7-10;/h9H,3-8,13H2,1-2H3;1H/p-1/t9?,10-,11+,12?;. The Morgan fingerprint density at radius 1 is 0.929 bits per heavy atom. The maximum absolute atomic E-state index is 6.49. The van der Waals surface area contributed by atoms with Gasteiger partial charge in [0, 0.05) is 5.54 Å². The molecule has 0 aromatic heterocycles. The maximum atomic E-state index is 6.49. The molecule has 0 aromatic rings. The van der Waals surface area contributed by atoms with Gasteiger partial charge in [-0.25, -0.2) is 0 Å². The molecule has 0 heterocycles. The van der Waals surface area contributed by atoms with Crippen LogP contribution in [0.3, 0.4) is 0 Å². The lowest BCUT2D eigenvalue weighted by Crippen LogP contribution is -3.00. The zero-order chi connectivity index (χ0) is 9.32. The van der Waals surface area contributed by atoms with E-state index in [2.05, 4.69) is 13.8 Å². The smallest absolute Gasteiger partial charge is 0.0167 e. The predicted molar refractivity (Wildman–Crippen MR) is 54.3 cm³/mol. The average Bonchev–Trinajstić information content (AvgIpc) is 1.71. The van der Waals surface area contributed by atoms with Crippen molar-refractivity contribution >= 4 is 0 Å². The Morgan fingerprint density at radius 2 is 1.43 bits per heavy atom. The Balaban J connectivity index is 0.000000750. The van der Waals surface area contributed by atoms with Crippen LogP contribution in [0, 0.1) is 16.7 Å². The summed E-state index contributed by atoms with van der Waals surface area (Å²) < 4.78 is 0. The van der Waals surface area contributed by atoms with Gasteiger partial charge in [0.2, 0.25) is 0 Å². The van der Waals surface area contributed by atoms with Crippen molar-refractivity contribution in [3.8, 4) is 0 Å². The van der Waals surface area contributed by atoms with E-state index in [4.69, 9.17) is 5.73 Å². The normalized spacial score (nSPS) is 59.8. The summed E-state index contributed by atoms with van der Waals surface area (Å²) in [4.78, 5) is 0. The molecular formula is C12H21ClN-. The van der Waals surface area contributed by atoms with E-state index >= 15 is 0 Å². The maximum Gasteiger partial charge on any atom is 0.0167 e. The first kappa shape index (κ1) is 10.8. The third-order valence-corrected chi connectivity index (χ3v) is 4.67. The van der Waals surface area contributed by atoms with E-state index < -0.39 is 0 Å². The van der Waals surface area contributed by atoms with Crippen LogP contribution in [0.15, 0.2) is 0 Å². The molecule has 2 heteroatoms. The van der Waals surface area contributed by atoms with Crippen LogP contribution in [0.5, 0.6) is 0 Å². The van der Waals surface area contributed by atoms with Crippen molar-refractivity contribution in [2.24, 2.45) is 22.5 Å². The van der Waals surface area contributed by atoms with Crippen LogP contribution in [0.4, 0.5) is 0 Å². The molecule has 4 rings (SSSR count). The molecule has 4 fully saturated rings. The van der Waals surface area contributed by atoms with E-state index in [1.807, 2.05) is 0 Å². The Hall–Kier alpha value is 0.250. The lowest BCUT2D eigenvalue weighted by atomic mass is 9.43. The largest absolute Gasteiger partial charge is 1.00 e. The van der Waals surface area contributed by atoms with Gasteiger partial charge < -0.3 is 18.1 Å². The Bertz CT molecular complexity index is 212. The number of rotatable bonds is 0. The van der Waals surface area contributed by atoms with Gasteiger partial charge in [0.05, 0.1) is 0 Å². The van der Waals surface area contributed by atoms with Gasteiger partial charge in [0.15, 0.2) is 0 Å². The highest BCUT2D eigenvalue weighted by atomic mass is 35.5. The molecule has 4 saturated carbocycles. The molecule has 4 atom stereocenters. The van der Waals surface area contributed by atoms with Crippen molar-refractivity contribution in [3.05, 3.63) is 0 Å². The summed E-state index contributed by atoms with van der Waals surface area (Å²) in [5.74, 6) is 0.955. The Labute approximate surface area is 93.2 Å². The molecule has 2 N–H and O–H groups in total. The average molecular weight is 215 g/mol. The fourth-order valence-corrected chi connectivity index (χ4v) is 5.54. The molecule has 0 spiro atoms. The minimum absolute atomic E-state index is 0. The predicted octanol–water partition coefficient (Wildman–Crippen LogP) is -0.302. The summed E-state index contributed by atoms with van der Waals surface area (Å²) in [7, 11) is 0. The molecule has 0 radical (unpaired) electrons. The fourth-order valence-electron chi connectivity index (χ4n) is 5.54. The summed E-state index contributed by atoms with van der Waals surface area (Å²) >= 11 is 0. The first-order valence-electron chi connectivity index (χ1n) is 5.70. The molecule has 14 heavy (non-hydrogen) atoms. The molecule has 1 nitrogen and oxygen atoms in total. The van der Waals surface area contributed by atoms with Crippen LogP contribution in [-0.4, -0.2) is 5.54 Å². The van der Waals surface area contributed by atoms with Gasteiger partial charge in [-0.2, -0.15) is 0 Å². The van der Waals surface area contributed by atoms with Gasteiger partial charge in [-0.15, -0.1) is 0 Å². The van der Waals surface area contributed by atoms with Gasteiger partial charge >= 0.3 is 0 Å². The zero-order valence-corrected chi connectivity index (χ0v) is 10.0. The third kappa shape index (κ3) is 1.40. The van der Waals surface area contributed by atoms with Crippen LogP contribution in [-0.2, 0) is 0 Å². The number of halogens is 1. The SMILES string of the molecule is C[C@]12CC3CC(N)(C1)C[C@@](C)(C3)C2.[Cl-]. The molecule has 0 aromatic carbocycles. The highest BCUT2D eigenvalue weighted by Crippen LogP contribution is 2.65. The quantitative estimate of drug-likeness (QED) is 0.589. The van der Waals surface area contributed by atoms with E-state index in [0.29, 0.717) is 10.8 Å². The first-order chi connectivity index (χ1) is 5.91. The lowest BCUT2D eigenvalue weighted by Gasteiger charge is -2.64. The minimum atomic E-state index is 0. The minimum Gasteiger partial charge on any atom is -1.00 e. The highest BCUT2D eigenvalue weighted by molar-refractivity contribution is 5.12. The second-order valence-corrected chi connectivity index (χ2v) is 6.99. The molecule has 0 amide bonds. The van der Waals surface area contributed by atoms with Crippen molar-refractivity contribution < 1.29 is 12.4 Å². The first-order valence-corrected chi connectivity index (χ1v) is 5.70. The molecule has 4 bridgehead atoms. The topological polar surface area (TPSA) is 26.0 Å². The van der Waals surface area contributed by atoms with E-state index in [-0.39, 0.29) is 17.9 Å². The van der Waals surface area contributed by atoms with Crippen LogP contribution >= 0.6 is 0 Å². The number of hydrogen-bond acceptors (Lipinski definition) is 1. The second-order valence-electron chi connectivity index (χ2n) is 6.99. The zero-order valence-electron chi connectivity index (χ0n) is 9.28. The Morgan fingerprint density at radius 3 is 1.79 bits per heavy atom. The summed E-state index contributed by atoms with van der Waals surface area (Å²) in [6, 6.07) is 0. The fraction of sp³-hybridized carbons (Fsp3) is 1.00. The van der Waals surface area contributed by atoms with E-state index in [1.165, 1.54) is 38.5 Å². The van der Waals surface area contributed by atoms with Crippen LogP contribution in [0.2, 0.25) is 0 Å². The molecule has 0 aliphatic heterocycles. The molecule has 4 aliphatic carbocycles. The van der Waals surface area contributed by atoms with Gasteiger partial charge in [0.1, 0.15) is 0 Å². The molecule has 0 saturated heterocycles. The van der Waals surface area contributed by atoms with Crippen molar-refractivity contribution in [2.45, 2.75) is 57.9 Å².